The zero-order valence-corrected chi connectivity index (χ0v) is 25.2. The first-order chi connectivity index (χ1) is 22.1. The first kappa shape index (κ1) is 33.1. The van der Waals surface area contributed by atoms with Crippen LogP contribution in [0.25, 0.3) is 5.65 Å². The number of nitrogens with one attached hydrogen (secondary N) is 2. The van der Waals surface area contributed by atoms with Gasteiger partial charge in [-0.1, -0.05) is 0 Å². The summed E-state index contributed by atoms with van der Waals surface area (Å²) in [5.74, 6) is -7.21. The lowest BCUT2D eigenvalue weighted by atomic mass is 9.81. The third-order valence-electron chi connectivity index (χ3n) is 8.90. The Hall–Kier alpha value is -3.83. The normalized spacial score (nSPS) is 21.3. The predicted octanol–water partition coefficient (Wildman–Crippen LogP) is 4.48. The Kier molecular flexibility index (Phi) is 8.90. The van der Waals surface area contributed by atoms with E-state index in [1.807, 2.05) is 0 Å². The van der Waals surface area contributed by atoms with Gasteiger partial charge in [-0.3, -0.25) is 14.5 Å². The highest BCUT2D eigenvalue weighted by molar-refractivity contribution is 5.92. The number of imidazole rings is 1. The van der Waals surface area contributed by atoms with Crippen LogP contribution in [0.4, 0.5) is 30.7 Å². The standard InChI is InChI=1S/C29H34F7N9O2/c30-27(31)6-3-18(4-7-27)25(41-26(47)20-13-38-45(42-20)10-9-43-15-28(32,33)16-43)21-14-44-22(39-21)11-19(12-37-44)24(17-1-2-17)40-23(46)5-8-29(34,35)36/h11-14,17-18,24-25H,1-10,15-16H2,(H,40,46)(H,41,47)/t24?,25-/m0/s1. The fraction of sp³-hybridized carbons (Fsp3) is 0.655. The number of alkyl halides is 7. The van der Waals surface area contributed by atoms with Gasteiger partial charge >= 0.3 is 6.18 Å². The molecule has 0 spiro atoms. The Labute approximate surface area is 264 Å². The van der Waals surface area contributed by atoms with E-state index < -0.39 is 60.7 Å². The maximum absolute atomic E-state index is 14.1. The highest BCUT2D eigenvalue weighted by Gasteiger charge is 2.43. The predicted molar refractivity (Wildman–Crippen MR) is 150 cm³/mol. The SMILES string of the molecule is O=C(CCC(F)(F)F)NC(c1cnn2cc([C@@H](NC(=O)c3cnn(CCN4CC(F)(F)C4)n3)C3CCC(F)(F)CC3)nc2c1)C1CC1. The van der Waals surface area contributed by atoms with Crippen LogP contribution in [-0.2, 0) is 11.3 Å². The molecular formula is C29H34F7N9O2. The summed E-state index contributed by atoms with van der Waals surface area (Å²) in [6, 6.07) is 0.319. The van der Waals surface area contributed by atoms with Crippen molar-refractivity contribution in [3.8, 4) is 0 Å². The average Bonchev–Trinajstić information content (AvgIpc) is 3.55. The second kappa shape index (κ2) is 12.6. The lowest BCUT2D eigenvalue weighted by molar-refractivity contribution is -0.144. The monoisotopic (exact) mass is 673 g/mol. The van der Waals surface area contributed by atoms with Gasteiger partial charge in [0.05, 0.1) is 62.4 Å². The van der Waals surface area contributed by atoms with Gasteiger partial charge in [-0.15, -0.1) is 5.10 Å². The summed E-state index contributed by atoms with van der Waals surface area (Å²) in [5, 5.41) is 18.2. The molecule has 0 radical (unpaired) electrons. The molecule has 3 fully saturated rings. The van der Waals surface area contributed by atoms with Crippen molar-refractivity contribution in [2.24, 2.45) is 11.8 Å². The number of aromatic nitrogens is 6. The van der Waals surface area contributed by atoms with Crippen LogP contribution in [0, 0.1) is 11.8 Å². The number of halogens is 7. The van der Waals surface area contributed by atoms with Crippen LogP contribution in [-0.4, -0.2) is 84.0 Å². The number of likely N-dealkylation sites (tertiary alicyclic amines) is 1. The van der Waals surface area contributed by atoms with E-state index >= 15 is 0 Å². The third kappa shape index (κ3) is 8.37. The third-order valence-corrected chi connectivity index (χ3v) is 8.90. The number of hydrogen-bond donors (Lipinski definition) is 2. The molecular weight excluding hydrogens is 639 g/mol. The van der Waals surface area contributed by atoms with E-state index in [0.717, 1.165) is 12.8 Å². The van der Waals surface area contributed by atoms with Gasteiger partial charge in [-0.05, 0) is 49.1 Å². The Morgan fingerprint density at radius 3 is 2.28 bits per heavy atom. The molecule has 2 atom stereocenters. The molecule has 0 bridgehead atoms. The maximum atomic E-state index is 14.1. The minimum Gasteiger partial charge on any atom is -0.349 e. The zero-order valence-electron chi connectivity index (χ0n) is 25.2. The topological polar surface area (TPSA) is 122 Å². The van der Waals surface area contributed by atoms with Crippen LogP contribution in [0.1, 0.15) is 85.2 Å². The van der Waals surface area contributed by atoms with Crippen molar-refractivity contribution in [3.05, 3.63) is 41.6 Å². The lowest BCUT2D eigenvalue weighted by Gasteiger charge is -2.38. The van der Waals surface area contributed by atoms with Crippen molar-refractivity contribution in [3.63, 3.8) is 0 Å². The van der Waals surface area contributed by atoms with E-state index in [2.05, 4.69) is 30.9 Å². The highest BCUT2D eigenvalue weighted by atomic mass is 19.4. The van der Waals surface area contributed by atoms with Crippen LogP contribution >= 0.6 is 0 Å². The summed E-state index contributed by atoms with van der Waals surface area (Å²) in [7, 11) is 0. The molecule has 6 rings (SSSR count). The summed E-state index contributed by atoms with van der Waals surface area (Å²) in [4.78, 5) is 33.1. The number of nitrogens with zero attached hydrogens (tertiary/aromatic N) is 7. The van der Waals surface area contributed by atoms with Gasteiger partial charge in [0.25, 0.3) is 11.8 Å². The van der Waals surface area contributed by atoms with Gasteiger partial charge in [-0.25, -0.2) is 27.1 Å². The molecule has 11 nitrogen and oxygen atoms in total. The van der Waals surface area contributed by atoms with Crippen molar-refractivity contribution in [2.45, 2.75) is 88.0 Å². The molecule has 18 heteroatoms. The number of rotatable bonds is 12. The van der Waals surface area contributed by atoms with Gasteiger partial charge in [0, 0.05) is 25.8 Å². The molecule has 2 amide bonds. The molecule has 2 N–H and O–H groups in total. The van der Waals surface area contributed by atoms with Crippen LogP contribution in [0.3, 0.4) is 0 Å². The van der Waals surface area contributed by atoms with Crippen molar-refractivity contribution in [1.29, 1.82) is 0 Å². The van der Waals surface area contributed by atoms with Gasteiger partial charge in [0.2, 0.25) is 11.8 Å². The maximum Gasteiger partial charge on any atom is 0.389 e. The largest absolute Gasteiger partial charge is 0.389 e. The Morgan fingerprint density at radius 1 is 0.915 bits per heavy atom. The van der Waals surface area contributed by atoms with Crippen LogP contribution < -0.4 is 10.6 Å². The molecule has 256 valence electrons. The molecule has 4 heterocycles. The van der Waals surface area contributed by atoms with Crippen LogP contribution in [0.2, 0.25) is 0 Å². The van der Waals surface area contributed by atoms with Gasteiger partial charge in [0.1, 0.15) is 0 Å². The number of hydrogen-bond acceptors (Lipinski definition) is 7. The second-order valence-electron chi connectivity index (χ2n) is 12.8. The van der Waals surface area contributed by atoms with Gasteiger partial charge in [-0.2, -0.15) is 28.2 Å². The molecule has 3 aromatic heterocycles. The van der Waals surface area contributed by atoms with E-state index in [1.165, 1.54) is 26.6 Å². The second-order valence-corrected chi connectivity index (χ2v) is 12.8. The molecule has 3 aromatic rings. The fourth-order valence-corrected chi connectivity index (χ4v) is 6.18. The first-order valence-electron chi connectivity index (χ1n) is 15.5. The van der Waals surface area contributed by atoms with Crippen molar-refractivity contribution in [2.75, 3.05) is 19.6 Å². The van der Waals surface area contributed by atoms with E-state index in [-0.39, 0.29) is 63.5 Å². The van der Waals surface area contributed by atoms with Gasteiger partial charge in [0.15, 0.2) is 11.3 Å². The molecule has 1 unspecified atom stereocenters. The minimum absolute atomic E-state index is 0.0391. The summed E-state index contributed by atoms with van der Waals surface area (Å²) in [6.45, 7) is -0.233. The Bertz CT molecular complexity index is 1590. The van der Waals surface area contributed by atoms with Crippen molar-refractivity contribution >= 4 is 17.5 Å². The zero-order chi connectivity index (χ0) is 33.6. The number of amides is 2. The summed E-state index contributed by atoms with van der Waals surface area (Å²) in [6.07, 6.45) is -0.969. The average molecular weight is 674 g/mol. The van der Waals surface area contributed by atoms with E-state index in [4.69, 9.17) is 0 Å². The molecule has 1 saturated heterocycles. The fourth-order valence-electron chi connectivity index (χ4n) is 6.18. The Morgan fingerprint density at radius 2 is 1.62 bits per heavy atom. The Balaban J connectivity index is 1.18. The van der Waals surface area contributed by atoms with Gasteiger partial charge < -0.3 is 10.6 Å². The number of carbonyl (C=O) groups excluding carboxylic acids is 2. The molecule has 2 saturated carbocycles. The molecule has 2 aliphatic carbocycles. The van der Waals surface area contributed by atoms with Crippen LogP contribution in [0.15, 0.2) is 24.7 Å². The summed E-state index contributed by atoms with van der Waals surface area (Å²) < 4.78 is 93.7. The van der Waals surface area contributed by atoms with Crippen LogP contribution in [0.5, 0.6) is 0 Å². The smallest absolute Gasteiger partial charge is 0.349 e. The molecule has 47 heavy (non-hydrogen) atoms. The van der Waals surface area contributed by atoms with E-state index in [0.29, 0.717) is 16.9 Å². The van der Waals surface area contributed by atoms with E-state index in [1.54, 1.807) is 12.3 Å². The summed E-state index contributed by atoms with van der Waals surface area (Å²) >= 11 is 0. The number of fused-ring (bicyclic) bond motifs is 1. The number of carbonyl (C=O) groups is 2. The molecule has 1 aliphatic heterocycles. The van der Waals surface area contributed by atoms with Crippen molar-refractivity contribution in [1.82, 2.24) is 45.1 Å². The van der Waals surface area contributed by atoms with Crippen molar-refractivity contribution < 1.29 is 40.3 Å². The first-order valence-corrected chi connectivity index (χ1v) is 15.5. The highest BCUT2D eigenvalue weighted by Crippen LogP contribution is 2.43. The summed E-state index contributed by atoms with van der Waals surface area (Å²) in [5.41, 5.74) is 1.23. The molecule has 0 aromatic carbocycles. The lowest BCUT2D eigenvalue weighted by Crippen LogP contribution is -2.56. The minimum atomic E-state index is -4.45. The van der Waals surface area contributed by atoms with E-state index in [9.17, 15) is 40.3 Å². The quantitative estimate of drug-likeness (QED) is 0.272. The molecule has 3 aliphatic rings.